The van der Waals surface area contributed by atoms with Gasteiger partial charge in [-0.1, -0.05) is 58.4 Å². The van der Waals surface area contributed by atoms with E-state index in [4.69, 9.17) is 18.9 Å². The van der Waals surface area contributed by atoms with Gasteiger partial charge in [0.2, 0.25) is 0 Å². The summed E-state index contributed by atoms with van der Waals surface area (Å²) in [6.07, 6.45) is -1.55. The molecule has 1 aliphatic heterocycles. The monoisotopic (exact) mass is 540 g/mol. The van der Waals surface area contributed by atoms with Gasteiger partial charge in [-0.2, -0.15) is 0 Å². The van der Waals surface area contributed by atoms with Gasteiger partial charge in [0, 0.05) is 22.0 Å². The molecule has 2 N–H and O–H groups in total. The number of halogens is 1. The van der Waals surface area contributed by atoms with Crippen molar-refractivity contribution < 1.29 is 34.0 Å². The summed E-state index contributed by atoms with van der Waals surface area (Å²) >= 11 is 3.54. The number of hydrogen-bond acceptors (Lipinski definition) is 7. The zero-order valence-corrected chi connectivity index (χ0v) is 21.0. The van der Waals surface area contributed by atoms with Crippen LogP contribution in [0, 0.1) is 5.92 Å². The van der Waals surface area contributed by atoms with Crippen molar-refractivity contribution in [3.63, 3.8) is 0 Å². The fourth-order valence-electron chi connectivity index (χ4n) is 5.73. The van der Waals surface area contributed by atoms with Crippen molar-refractivity contribution in [3.8, 4) is 17.2 Å². The van der Waals surface area contributed by atoms with Crippen molar-refractivity contribution in [2.24, 2.45) is 5.92 Å². The summed E-state index contributed by atoms with van der Waals surface area (Å²) in [7, 11) is 4.37. The van der Waals surface area contributed by atoms with Crippen molar-refractivity contribution in [3.05, 3.63) is 87.9 Å². The van der Waals surface area contributed by atoms with Crippen LogP contribution in [0.2, 0.25) is 0 Å². The number of aliphatic hydroxyl groups excluding tert-OH is 1. The number of hydrogen-bond donors (Lipinski definition) is 2. The van der Waals surface area contributed by atoms with E-state index in [1.165, 1.54) is 14.2 Å². The summed E-state index contributed by atoms with van der Waals surface area (Å²) in [5, 5.41) is 24.4. The topological polar surface area (TPSA) is 94.5 Å². The lowest BCUT2D eigenvalue weighted by Gasteiger charge is -2.40. The Kier molecular flexibility index (Phi) is 5.78. The van der Waals surface area contributed by atoms with Gasteiger partial charge >= 0.3 is 5.97 Å². The first-order valence-electron chi connectivity index (χ1n) is 11.1. The molecule has 0 radical (unpaired) electrons. The standard InChI is InChI=1S/C27H25BrO7/c1-32-17-11-9-16(10-12-17)27-22(15-7-5-4-6-8-15)21(25(30)34-3)24(29)26(27,31)23-19(28)13-18(33-2)14-20(23)35-27/h4-14,21-22,24,29,31H,1-3H3/t21-,22-,24-,26+,27+/m1/s1. The van der Waals surface area contributed by atoms with Crippen molar-refractivity contribution in [1.29, 1.82) is 0 Å². The number of rotatable bonds is 5. The average molecular weight is 541 g/mol. The SMILES string of the molecule is COC(=O)[C@H]1[C@@H](O)[C@@]2(O)c3c(Br)cc(OC)cc3O[C@@]2(c2ccc(OC)cc2)[C@@H]1c1ccccc1. The van der Waals surface area contributed by atoms with E-state index in [1.54, 1.807) is 43.5 Å². The number of carbonyl (C=O) groups excluding carboxylic acids is 1. The van der Waals surface area contributed by atoms with Crippen LogP contribution in [-0.2, 0) is 20.7 Å². The highest BCUT2D eigenvalue weighted by Gasteiger charge is 2.78. The van der Waals surface area contributed by atoms with Gasteiger partial charge in [-0.05, 0) is 29.3 Å². The molecule has 0 bridgehead atoms. The number of carbonyl (C=O) groups is 1. The van der Waals surface area contributed by atoms with Crippen LogP contribution in [0.5, 0.6) is 17.2 Å². The van der Waals surface area contributed by atoms with Crippen molar-refractivity contribution >= 4 is 21.9 Å². The molecular weight excluding hydrogens is 516 g/mol. The molecule has 1 saturated carbocycles. The molecule has 1 fully saturated rings. The second-order valence-corrected chi connectivity index (χ2v) is 9.55. The summed E-state index contributed by atoms with van der Waals surface area (Å²) in [5.74, 6) is -1.08. The van der Waals surface area contributed by atoms with E-state index >= 15 is 0 Å². The van der Waals surface area contributed by atoms with Crippen LogP contribution >= 0.6 is 15.9 Å². The minimum atomic E-state index is -2.01. The smallest absolute Gasteiger partial charge is 0.312 e. The summed E-state index contributed by atoms with van der Waals surface area (Å²) in [6, 6.07) is 19.7. The van der Waals surface area contributed by atoms with Gasteiger partial charge < -0.3 is 29.2 Å². The largest absolute Gasteiger partial charge is 0.497 e. The van der Waals surface area contributed by atoms with Gasteiger partial charge in [0.1, 0.15) is 23.4 Å². The Morgan fingerprint density at radius 3 is 2.23 bits per heavy atom. The Bertz CT molecular complexity index is 1260. The molecule has 5 rings (SSSR count). The molecule has 0 spiro atoms. The summed E-state index contributed by atoms with van der Waals surface area (Å²) in [6.45, 7) is 0. The predicted molar refractivity (Wildman–Crippen MR) is 131 cm³/mol. The van der Waals surface area contributed by atoms with Gasteiger partial charge in [0.05, 0.1) is 27.2 Å². The average Bonchev–Trinajstić information content (AvgIpc) is 3.26. The molecule has 1 aliphatic carbocycles. The number of fused-ring (bicyclic) bond motifs is 3. The minimum absolute atomic E-state index is 0.342. The molecule has 0 unspecified atom stereocenters. The van der Waals surface area contributed by atoms with Crippen molar-refractivity contribution in [1.82, 2.24) is 0 Å². The van der Waals surface area contributed by atoms with Crippen LogP contribution < -0.4 is 14.2 Å². The number of esters is 1. The van der Waals surface area contributed by atoms with Gasteiger partial charge in [-0.15, -0.1) is 0 Å². The van der Waals surface area contributed by atoms with Crippen molar-refractivity contribution in [2.75, 3.05) is 21.3 Å². The number of aliphatic hydroxyl groups is 2. The van der Waals surface area contributed by atoms with Gasteiger partial charge in [0.25, 0.3) is 0 Å². The van der Waals surface area contributed by atoms with E-state index in [0.29, 0.717) is 38.4 Å². The van der Waals surface area contributed by atoms with E-state index in [1.807, 2.05) is 30.3 Å². The molecule has 3 aromatic rings. The molecule has 7 nitrogen and oxygen atoms in total. The molecule has 182 valence electrons. The first-order chi connectivity index (χ1) is 16.8. The Hall–Kier alpha value is -3.07. The second kappa shape index (κ2) is 8.55. The summed E-state index contributed by atoms with van der Waals surface area (Å²) in [5.41, 5.74) is -1.96. The third-order valence-corrected chi connectivity index (χ3v) is 7.82. The Labute approximate surface area is 211 Å². The molecule has 5 atom stereocenters. The molecule has 0 amide bonds. The maximum absolute atomic E-state index is 13.2. The Morgan fingerprint density at radius 1 is 0.971 bits per heavy atom. The number of benzene rings is 3. The molecule has 2 aliphatic rings. The highest BCUT2D eigenvalue weighted by molar-refractivity contribution is 9.10. The van der Waals surface area contributed by atoms with Gasteiger partial charge in [-0.3, -0.25) is 4.79 Å². The fraction of sp³-hybridized carbons (Fsp3) is 0.296. The first-order valence-corrected chi connectivity index (χ1v) is 11.9. The van der Waals surface area contributed by atoms with E-state index in [9.17, 15) is 15.0 Å². The van der Waals surface area contributed by atoms with E-state index in [-0.39, 0.29) is 0 Å². The first kappa shape index (κ1) is 23.7. The number of ether oxygens (including phenoxy) is 4. The van der Waals surface area contributed by atoms with Crippen LogP contribution in [0.3, 0.4) is 0 Å². The molecule has 0 saturated heterocycles. The predicted octanol–water partition coefficient (Wildman–Crippen LogP) is 3.89. The second-order valence-electron chi connectivity index (χ2n) is 8.70. The molecule has 35 heavy (non-hydrogen) atoms. The molecule has 3 aromatic carbocycles. The third-order valence-electron chi connectivity index (χ3n) is 7.20. The van der Waals surface area contributed by atoms with Crippen molar-refractivity contribution in [2.45, 2.75) is 23.2 Å². The fourth-order valence-corrected chi connectivity index (χ4v) is 6.45. The Morgan fingerprint density at radius 2 is 1.63 bits per heavy atom. The zero-order chi connectivity index (χ0) is 25.0. The quantitative estimate of drug-likeness (QED) is 0.474. The maximum atomic E-state index is 13.2. The summed E-state index contributed by atoms with van der Waals surface area (Å²) < 4.78 is 23.1. The number of methoxy groups -OCH3 is 3. The molecule has 8 heteroatoms. The maximum Gasteiger partial charge on any atom is 0.312 e. The van der Waals surface area contributed by atoms with Crippen LogP contribution in [0.1, 0.15) is 22.6 Å². The van der Waals surface area contributed by atoms with Crippen LogP contribution in [-0.4, -0.2) is 43.6 Å². The van der Waals surface area contributed by atoms with E-state index in [2.05, 4.69) is 15.9 Å². The highest BCUT2D eigenvalue weighted by atomic mass is 79.9. The molecular formula is C27H25BrO7. The van der Waals surface area contributed by atoms with Crippen LogP contribution in [0.25, 0.3) is 0 Å². The molecule has 0 aromatic heterocycles. The normalized spacial score (nSPS) is 28.6. The third kappa shape index (κ3) is 3.13. The van der Waals surface area contributed by atoms with Crippen LogP contribution in [0.15, 0.2) is 71.2 Å². The summed E-state index contributed by atoms with van der Waals surface area (Å²) in [4.78, 5) is 13.2. The highest BCUT2D eigenvalue weighted by Crippen LogP contribution is 2.69. The lowest BCUT2D eigenvalue weighted by molar-refractivity contribution is -0.161. The lowest BCUT2D eigenvalue weighted by atomic mass is 9.70. The van der Waals surface area contributed by atoms with Crippen LogP contribution in [0.4, 0.5) is 0 Å². The lowest BCUT2D eigenvalue weighted by Crippen LogP contribution is -2.52. The van der Waals surface area contributed by atoms with Gasteiger partial charge in [-0.25, -0.2) is 0 Å². The Balaban J connectivity index is 1.87. The van der Waals surface area contributed by atoms with E-state index < -0.39 is 35.1 Å². The van der Waals surface area contributed by atoms with E-state index in [0.717, 1.165) is 0 Å². The molecule has 1 heterocycles. The van der Waals surface area contributed by atoms with Gasteiger partial charge in [0.15, 0.2) is 11.2 Å². The minimum Gasteiger partial charge on any atom is -0.497 e. The zero-order valence-electron chi connectivity index (χ0n) is 19.4.